The van der Waals surface area contributed by atoms with Gasteiger partial charge in [-0.1, -0.05) is 30.3 Å². The van der Waals surface area contributed by atoms with E-state index in [0.29, 0.717) is 27.9 Å². The molecule has 0 spiro atoms. The van der Waals surface area contributed by atoms with Crippen molar-refractivity contribution in [1.82, 2.24) is 10.3 Å². The molecule has 29 heavy (non-hydrogen) atoms. The number of benzene rings is 2. The largest absolute Gasteiger partial charge is 0.467 e. The SMILES string of the molecule is O=C(NCc1ccco1)c1ccccc1NC(=O)c1cc(=O)[nH]c2ccccc12. The van der Waals surface area contributed by atoms with E-state index < -0.39 is 5.91 Å². The van der Waals surface area contributed by atoms with Gasteiger partial charge in [-0.15, -0.1) is 0 Å². The van der Waals surface area contributed by atoms with Crippen molar-refractivity contribution in [2.24, 2.45) is 0 Å². The average molecular weight is 387 g/mol. The van der Waals surface area contributed by atoms with Crippen molar-refractivity contribution in [2.45, 2.75) is 6.54 Å². The first kappa shape index (κ1) is 18.2. The van der Waals surface area contributed by atoms with Crippen LogP contribution in [0.15, 0.2) is 82.2 Å². The number of aromatic amines is 1. The van der Waals surface area contributed by atoms with Crippen LogP contribution >= 0.6 is 0 Å². The number of para-hydroxylation sites is 2. The summed E-state index contributed by atoms with van der Waals surface area (Å²) in [6.45, 7) is 0.229. The Kier molecular flexibility index (Phi) is 4.94. The van der Waals surface area contributed by atoms with Gasteiger partial charge in [0.1, 0.15) is 5.76 Å². The van der Waals surface area contributed by atoms with E-state index in [2.05, 4.69) is 15.6 Å². The summed E-state index contributed by atoms with van der Waals surface area (Å²) >= 11 is 0. The molecule has 0 atom stereocenters. The summed E-state index contributed by atoms with van der Waals surface area (Å²) in [6, 6.07) is 18.5. The van der Waals surface area contributed by atoms with E-state index >= 15 is 0 Å². The second-order valence-electron chi connectivity index (χ2n) is 6.35. The van der Waals surface area contributed by atoms with Crippen molar-refractivity contribution in [3.63, 3.8) is 0 Å². The van der Waals surface area contributed by atoms with Crippen molar-refractivity contribution in [1.29, 1.82) is 0 Å². The zero-order valence-corrected chi connectivity index (χ0v) is 15.3. The first-order chi connectivity index (χ1) is 14.1. The molecule has 7 nitrogen and oxygen atoms in total. The van der Waals surface area contributed by atoms with Gasteiger partial charge in [-0.3, -0.25) is 14.4 Å². The highest BCUT2D eigenvalue weighted by atomic mass is 16.3. The van der Waals surface area contributed by atoms with Crippen LogP contribution < -0.4 is 16.2 Å². The Balaban J connectivity index is 1.60. The number of H-pyrrole nitrogens is 1. The van der Waals surface area contributed by atoms with Crippen LogP contribution in [0, 0.1) is 0 Å². The first-order valence-corrected chi connectivity index (χ1v) is 8.95. The summed E-state index contributed by atoms with van der Waals surface area (Å²) in [4.78, 5) is 40.1. The van der Waals surface area contributed by atoms with Crippen LogP contribution in [-0.4, -0.2) is 16.8 Å². The van der Waals surface area contributed by atoms with E-state index in [1.54, 1.807) is 60.7 Å². The fourth-order valence-corrected chi connectivity index (χ4v) is 3.05. The second-order valence-corrected chi connectivity index (χ2v) is 6.35. The molecule has 2 amide bonds. The van der Waals surface area contributed by atoms with Gasteiger partial charge in [-0.2, -0.15) is 0 Å². The Bertz CT molecular complexity index is 1240. The number of carbonyl (C=O) groups is 2. The van der Waals surface area contributed by atoms with Gasteiger partial charge in [-0.25, -0.2) is 0 Å². The maximum Gasteiger partial charge on any atom is 0.256 e. The Hall–Kier alpha value is -4.13. The highest BCUT2D eigenvalue weighted by molar-refractivity contribution is 6.14. The van der Waals surface area contributed by atoms with Gasteiger partial charge in [0.15, 0.2) is 0 Å². The number of pyridine rings is 1. The number of hydrogen-bond acceptors (Lipinski definition) is 4. The molecule has 0 saturated heterocycles. The van der Waals surface area contributed by atoms with Gasteiger partial charge in [0, 0.05) is 17.0 Å². The molecule has 4 aromatic rings. The Morgan fingerprint density at radius 3 is 2.52 bits per heavy atom. The zero-order chi connectivity index (χ0) is 20.2. The monoisotopic (exact) mass is 387 g/mol. The fourth-order valence-electron chi connectivity index (χ4n) is 3.05. The van der Waals surface area contributed by atoms with Crippen LogP contribution in [0.2, 0.25) is 0 Å². The standard InChI is InChI=1S/C22H17N3O4/c26-20-12-17(15-7-1-3-9-18(15)24-20)22(28)25-19-10-4-2-8-16(19)21(27)23-13-14-6-5-11-29-14/h1-12H,13H2,(H,23,27)(H,24,26)(H,25,28). The smallest absolute Gasteiger partial charge is 0.256 e. The van der Waals surface area contributed by atoms with E-state index in [4.69, 9.17) is 4.42 Å². The molecule has 0 aliphatic carbocycles. The molecule has 2 heterocycles. The molecule has 7 heteroatoms. The number of anilines is 1. The molecule has 0 radical (unpaired) electrons. The van der Waals surface area contributed by atoms with E-state index in [1.165, 1.54) is 12.3 Å². The average Bonchev–Trinajstić information content (AvgIpc) is 3.25. The fraction of sp³-hybridized carbons (Fsp3) is 0.0455. The van der Waals surface area contributed by atoms with Crippen LogP contribution in [0.3, 0.4) is 0 Å². The Labute approximate surface area is 165 Å². The topological polar surface area (TPSA) is 104 Å². The highest BCUT2D eigenvalue weighted by Gasteiger charge is 2.16. The van der Waals surface area contributed by atoms with Gasteiger partial charge >= 0.3 is 0 Å². The van der Waals surface area contributed by atoms with Crippen LogP contribution in [0.5, 0.6) is 0 Å². The van der Waals surface area contributed by atoms with Crippen molar-refractivity contribution < 1.29 is 14.0 Å². The molecule has 0 fully saturated rings. The maximum atomic E-state index is 12.9. The summed E-state index contributed by atoms with van der Waals surface area (Å²) in [7, 11) is 0. The van der Waals surface area contributed by atoms with Gasteiger partial charge in [0.2, 0.25) is 5.56 Å². The van der Waals surface area contributed by atoms with E-state index in [1.807, 2.05) is 0 Å². The number of aromatic nitrogens is 1. The maximum absolute atomic E-state index is 12.9. The van der Waals surface area contributed by atoms with E-state index in [0.717, 1.165) is 0 Å². The molecule has 0 aliphatic rings. The molecule has 2 aromatic heterocycles. The first-order valence-electron chi connectivity index (χ1n) is 8.95. The summed E-state index contributed by atoms with van der Waals surface area (Å²) in [6.07, 6.45) is 1.53. The minimum atomic E-state index is -0.474. The van der Waals surface area contributed by atoms with Gasteiger partial charge in [-0.05, 0) is 30.3 Å². The highest BCUT2D eigenvalue weighted by Crippen LogP contribution is 2.19. The van der Waals surface area contributed by atoms with Gasteiger partial charge in [0.25, 0.3) is 11.8 Å². The lowest BCUT2D eigenvalue weighted by Crippen LogP contribution is -2.25. The summed E-state index contributed by atoms with van der Waals surface area (Å²) in [5.41, 5.74) is 1.07. The lowest BCUT2D eigenvalue weighted by molar-refractivity contribution is 0.0949. The molecule has 0 bridgehead atoms. The van der Waals surface area contributed by atoms with E-state index in [9.17, 15) is 14.4 Å². The van der Waals surface area contributed by atoms with Crippen LogP contribution in [0.4, 0.5) is 5.69 Å². The lowest BCUT2D eigenvalue weighted by Gasteiger charge is -2.12. The lowest BCUT2D eigenvalue weighted by atomic mass is 10.1. The van der Waals surface area contributed by atoms with Crippen LogP contribution in [-0.2, 0) is 6.54 Å². The number of amides is 2. The molecule has 0 saturated carbocycles. The molecule has 0 unspecified atom stereocenters. The van der Waals surface area contributed by atoms with Crippen molar-refractivity contribution in [3.05, 3.63) is 100 Å². The Morgan fingerprint density at radius 1 is 0.897 bits per heavy atom. The molecule has 2 aromatic carbocycles. The predicted molar refractivity (Wildman–Crippen MR) is 109 cm³/mol. The van der Waals surface area contributed by atoms with E-state index in [-0.39, 0.29) is 23.6 Å². The summed E-state index contributed by atoms with van der Waals surface area (Å²) in [5.74, 6) is -0.207. The Morgan fingerprint density at radius 2 is 1.69 bits per heavy atom. The number of rotatable bonds is 5. The molecule has 0 aliphatic heterocycles. The molecule has 144 valence electrons. The molecule has 4 rings (SSSR count). The second kappa shape index (κ2) is 7.85. The predicted octanol–water partition coefficient (Wildman–Crippen LogP) is 3.30. The minimum Gasteiger partial charge on any atom is -0.467 e. The normalized spacial score (nSPS) is 10.6. The van der Waals surface area contributed by atoms with Crippen molar-refractivity contribution in [2.75, 3.05) is 5.32 Å². The third kappa shape index (κ3) is 3.93. The zero-order valence-electron chi connectivity index (χ0n) is 15.3. The molecular formula is C22H17N3O4. The molecule has 3 N–H and O–H groups in total. The van der Waals surface area contributed by atoms with Crippen LogP contribution in [0.25, 0.3) is 10.9 Å². The third-order valence-electron chi connectivity index (χ3n) is 4.42. The van der Waals surface area contributed by atoms with Crippen molar-refractivity contribution >= 4 is 28.4 Å². The third-order valence-corrected chi connectivity index (χ3v) is 4.42. The van der Waals surface area contributed by atoms with Gasteiger partial charge in [0.05, 0.1) is 29.6 Å². The number of furan rings is 1. The van der Waals surface area contributed by atoms with Crippen molar-refractivity contribution in [3.8, 4) is 0 Å². The van der Waals surface area contributed by atoms with Crippen LogP contribution in [0.1, 0.15) is 26.5 Å². The van der Waals surface area contributed by atoms with Gasteiger partial charge < -0.3 is 20.0 Å². The summed E-state index contributed by atoms with van der Waals surface area (Å²) < 4.78 is 5.21. The summed E-state index contributed by atoms with van der Waals surface area (Å²) in [5, 5.41) is 6.11. The molecular weight excluding hydrogens is 370 g/mol. The number of hydrogen-bond donors (Lipinski definition) is 3. The minimum absolute atomic E-state index is 0.229. The number of carbonyl (C=O) groups excluding carboxylic acids is 2. The number of fused-ring (bicyclic) bond motifs is 1. The number of nitrogens with one attached hydrogen (secondary N) is 3. The quantitative estimate of drug-likeness (QED) is 0.489.